The quantitative estimate of drug-likeness (QED) is 0.274. The number of halogens is 1. The van der Waals surface area contributed by atoms with E-state index >= 15 is 0 Å². The molecule has 2 aromatic rings. The van der Waals surface area contributed by atoms with Gasteiger partial charge in [-0.1, -0.05) is 42.5 Å². The number of guanidine groups is 1. The van der Waals surface area contributed by atoms with E-state index in [0.29, 0.717) is 42.6 Å². The zero-order valence-corrected chi connectivity index (χ0v) is 22.2. The van der Waals surface area contributed by atoms with Crippen LogP contribution in [0.5, 0.6) is 0 Å². The molecule has 0 saturated heterocycles. The highest BCUT2D eigenvalue weighted by Gasteiger charge is 2.13. The second kappa shape index (κ2) is 13.4. The number of carbonyl (C=O) groups excluding carboxylic acids is 1. The van der Waals surface area contributed by atoms with E-state index in [1.807, 2.05) is 50.2 Å². The molecule has 0 fully saturated rings. The highest BCUT2D eigenvalue weighted by atomic mass is 127. The molecule has 0 spiro atoms. The van der Waals surface area contributed by atoms with Gasteiger partial charge in [0.15, 0.2) is 15.8 Å². The number of aliphatic imine (C=N–C) groups is 1. The largest absolute Gasteiger partial charge is 0.357 e. The van der Waals surface area contributed by atoms with Crippen molar-refractivity contribution in [2.75, 3.05) is 25.9 Å². The van der Waals surface area contributed by atoms with Gasteiger partial charge in [0.1, 0.15) is 0 Å². The lowest BCUT2D eigenvalue weighted by Gasteiger charge is -2.22. The summed E-state index contributed by atoms with van der Waals surface area (Å²) in [6, 6.07) is 15.1. The molecule has 32 heavy (non-hydrogen) atoms. The molecular formula is C23H33IN4O3S. The molecule has 2 rings (SSSR count). The number of aryl methyl sites for hydroxylation is 1. The van der Waals surface area contributed by atoms with Crippen molar-refractivity contribution in [1.29, 1.82) is 0 Å². The summed E-state index contributed by atoms with van der Waals surface area (Å²) in [7, 11) is -3.24. The molecule has 0 aliphatic heterocycles. The molecule has 0 aliphatic carbocycles. The Bertz CT molecular complexity index is 1010. The number of hydrogen-bond donors (Lipinski definition) is 2. The van der Waals surface area contributed by atoms with E-state index in [0.717, 1.165) is 11.1 Å². The first-order chi connectivity index (χ1) is 14.7. The van der Waals surface area contributed by atoms with Gasteiger partial charge in [0, 0.05) is 25.9 Å². The van der Waals surface area contributed by atoms with Gasteiger partial charge in [0.05, 0.1) is 18.0 Å². The van der Waals surface area contributed by atoms with Crippen LogP contribution in [0.3, 0.4) is 0 Å². The predicted octanol–water partition coefficient (Wildman–Crippen LogP) is 3.12. The van der Waals surface area contributed by atoms with Crippen LogP contribution in [-0.2, 0) is 27.7 Å². The van der Waals surface area contributed by atoms with Crippen molar-refractivity contribution in [3.8, 4) is 0 Å². The van der Waals surface area contributed by atoms with E-state index in [1.54, 1.807) is 24.0 Å². The zero-order chi connectivity index (χ0) is 22.9. The summed E-state index contributed by atoms with van der Waals surface area (Å²) in [5.74, 6) is 0.529. The number of hydrogen-bond acceptors (Lipinski definition) is 4. The number of amides is 1. The van der Waals surface area contributed by atoms with Crippen molar-refractivity contribution in [1.82, 2.24) is 15.5 Å². The average molecular weight is 573 g/mol. The first kappa shape index (κ1) is 27.9. The van der Waals surface area contributed by atoms with Crippen molar-refractivity contribution in [3.05, 3.63) is 65.2 Å². The third-order valence-corrected chi connectivity index (χ3v) is 6.02. The number of nitrogens with one attached hydrogen (secondary N) is 2. The molecule has 1 amide bonds. The van der Waals surface area contributed by atoms with Gasteiger partial charge in [0.25, 0.3) is 0 Å². The van der Waals surface area contributed by atoms with E-state index in [1.165, 1.54) is 6.26 Å². The third-order valence-electron chi connectivity index (χ3n) is 4.76. The van der Waals surface area contributed by atoms with Crippen LogP contribution < -0.4 is 10.6 Å². The molecule has 0 aromatic heterocycles. The van der Waals surface area contributed by atoms with Gasteiger partial charge in [-0.05, 0) is 43.5 Å². The van der Waals surface area contributed by atoms with Crippen molar-refractivity contribution < 1.29 is 13.2 Å². The maximum atomic E-state index is 12.7. The van der Waals surface area contributed by atoms with Crippen LogP contribution in [-0.4, -0.2) is 51.1 Å². The Morgan fingerprint density at radius 3 is 2.28 bits per heavy atom. The number of rotatable bonds is 9. The lowest BCUT2D eigenvalue weighted by Crippen LogP contribution is -2.44. The Morgan fingerprint density at radius 2 is 1.72 bits per heavy atom. The standard InChI is InChI=1S/C23H32N4O3S.HI/c1-5-24-23(25-15-20-12-13-21(18(3)14-20)31(4,29)30)26-16-22(28)27(6-2)17-19-10-8-7-9-11-19;/h7-14H,5-6,15-17H2,1-4H3,(H2,24,25,26);1H. The molecule has 176 valence electrons. The SMILES string of the molecule is CCNC(=NCc1ccc(S(C)(=O)=O)c(C)c1)NCC(=O)N(CC)Cc1ccccc1.I. The summed E-state index contributed by atoms with van der Waals surface area (Å²) in [5, 5.41) is 6.23. The lowest BCUT2D eigenvalue weighted by molar-refractivity contribution is -0.130. The molecule has 9 heteroatoms. The number of benzene rings is 2. The van der Waals surface area contributed by atoms with E-state index in [2.05, 4.69) is 15.6 Å². The molecular weight excluding hydrogens is 539 g/mol. The average Bonchev–Trinajstić information content (AvgIpc) is 2.73. The van der Waals surface area contributed by atoms with Gasteiger partial charge >= 0.3 is 0 Å². The number of likely N-dealkylation sites (N-methyl/N-ethyl adjacent to an activating group) is 1. The summed E-state index contributed by atoms with van der Waals surface area (Å²) in [5.41, 5.74) is 2.68. The van der Waals surface area contributed by atoms with E-state index in [4.69, 9.17) is 0 Å². The van der Waals surface area contributed by atoms with E-state index < -0.39 is 9.84 Å². The first-order valence-corrected chi connectivity index (χ1v) is 12.3. The fraction of sp³-hybridized carbons (Fsp3) is 0.391. The molecule has 0 radical (unpaired) electrons. The van der Waals surface area contributed by atoms with E-state index in [-0.39, 0.29) is 36.4 Å². The molecule has 0 unspecified atom stereocenters. The summed E-state index contributed by atoms with van der Waals surface area (Å²) in [6.45, 7) is 8.05. The molecule has 0 heterocycles. The van der Waals surface area contributed by atoms with Crippen molar-refractivity contribution >= 4 is 45.7 Å². The van der Waals surface area contributed by atoms with Crippen molar-refractivity contribution in [2.24, 2.45) is 4.99 Å². The molecule has 0 bridgehead atoms. The van der Waals surface area contributed by atoms with Gasteiger partial charge in [-0.15, -0.1) is 24.0 Å². The predicted molar refractivity (Wildman–Crippen MR) is 140 cm³/mol. The first-order valence-electron chi connectivity index (χ1n) is 10.4. The zero-order valence-electron chi connectivity index (χ0n) is 19.1. The summed E-state index contributed by atoms with van der Waals surface area (Å²) >= 11 is 0. The van der Waals surface area contributed by atoms with Crippen LogP contribution in [0.2, 0.25) is 0 Å². The Morgan fingerprint density at radius 1 is 1.03 bits per heavy atom. The Labute approximate surface area is 208 Å². The van der Waals surface area contributed by atoms with Crippen LogP contribution in [0.15, 0.2) is 58.4 Å². The summed E-state index contributed by atoms with van der Waals surface area (Å²) in [6.07, 6.45) is 1.20. The minimum atomic E-state index is -3.24. The maximum Gasteiger partial charge on any atom is 0.242 e. The van der Waals surface area contributed by atoms with Crippen LogP contribution in [0.4, 0.5) is 0 Å². The smallest absolute Gasteiger partial charge is 0.242 e. The highest BCUT2D eigenvalue weighted by molar-refractivity contribution is 14.0. The van der Waals surface area contributed by atoms with Gasteiger partial charge in [-0.2, -0.15) is 0 Å². The van der Waals surface area contributed by atoms with Gasteiger partial charge in [0.2, 0.25) is 5.91 Å². The Hall–Kier alpha value is -2.14. The normalized spacial score (nSPS) is 11.4. The summed E-state index contributed by atoms with van der Waals surface area (Å²) < 4.78 is 23.6. The maximum absolute atomic E-state index is 12.7. The van der Waals surface area contributed by atoms with E-state index in [9.17, 15) is 13.2 Å². The fourth-order valence-electron chi connectivity index (χ4n) is 3.19. The van der Waals surface area contributed by atoms with Crippen molar-refractivity contribution in [3.63, 3.8) is 0 Å². The van der Waals surface area contributed by atoms with Gasteiger partial charge < -0.3 is 15.5 Å². The monoisotopic (exact) mass is 572 g/mol. The molecule has 0 atom stereocenters. The van der Waals surface area contributed by atoms with Crippen LogP contribution >= 0.6 is 24.0 Å². The topological polar surface area (TPSA) is 90.9 Å². The van der Waals surface area contributed by atoms with Crippen molar-refractivity contribution in [2.45, 2.75) is 38.8 Å². The lowest BCUT2D eigenvalue weighted by atomic mass is 10.1. The second-order valence-electron chi connectivity index (χ2n) is 7.31. The van der Waals surface area contributed by atoms with Crippen LogP contribution in [0, 0.1) is 6.92 Å². The minimum Gasteiger partial charge on any atom is -0.357 e. The number of sulfone groups is 1. The highest BCUT2D eigenvalue weighted by Crippen LogP contribution is 2.17. The third kappa shape index (κ3) is 8.78. The summed E-state index contributed by atoms with van der Waals surface area (Å²) in [4.78, 5) is 19.3. The number of nitrogens with zero attached hydrogens (tertiary/aromatic N) is 2. The van der Waals surface area contributed by atoms with Crippen LogP contribution in [0.1, 0.15) is 30.5 Å². The van der Waals surface area contributed by atoms with Crippen LogP contribution in [0.25, 0.3) is 0 Å². The minimum absolute atomic E-state index is 0. The van der Waals surface area contributed by atoms with Gasteiger partial charge in [-0.25, -0.2) is 13.4 Å². The molecule has 2 N–H and O–H groups in total. The molecule has 0 saturated carbocycles. The fourth-order valence-corrected chi connectivity index (χ4v) is 4.15. The molecule has 2 aromatic carbocycles. The molecule has 7 nitrogen and oxygen atoms in total. The molecule has 0 aliphatic rings. The Kier molecular flexibility index (Phi) is 11.7. The van der Waals surface area contributed by atoms with Gasteiger partial charge in [-0.3, -0.25) is 4.79 Å². The second-order valence-corrected chi connectivity index (χ2v) is 9.30. The number of carbonyl (C=O) groups is 1. The Balaban J connectivity index is 0.00000512.